The zero-order chi connectivity index (χ0) is 14.3. The second-order valence-electron chi connectivity index (χ2n) is 4.78. The van der Waals surface area contributed by atoms with Gasteiger partial charge in [0.2, 0.25) is 0 Å². The summed E-state index contributed by atoms with van der Waals surface area (Å²) in [5.74, 6) is -1.00. The molecule has 7 nitrogen and oxygen atoms in total. The molecule has 0 spiro atoms. The van der Waals surface area contributed by atoms with Gasteiger partial charge in [0.05, 0.1) is 0 Å². The Labute approximate surface area is 113 Å². The minimum Gasteiger partial charge on any atom is -0.480 e. The van der Waals surface area contributed by atoms with E-state index in [9.17, 15) is 14.7 Å². The Morgan fingerprint density at radius 2 is 2.00 bits per heavy atom. The molecule has 1 aliphatic rings. The summed E-state index contributed by atoms with van der Waals surface area (Å²) in [7, 11) is 1.96. The molecule has 3 N–H and O–H groups in total. The van der Waals surface area contributed by atoms with Crippen molar-refractivity contribution < 1.29 is 19.4 Å². The van der Waals surface area contributed by atoms with E-state index in [1.165, 1.54) is 0 Å². The Morgan fingerprint density at radius 3 is 2.53 bits per heavy atom. The van der Waals surface area contributed by atoms with Gasteiger partial charge in [-0.05, 0) is 13.6 Å². The highest BCUT2D eigenvalue weighted by Gasteiger charge is 2.41. The fourth-order valence-electron chi connectivity index (χ4n) is 1.89. The molecule has 0 radical (unpaired) electrons. The van der Waals surface area contributed by atoms with Crippen LogP contribution in [0.15, 0.2) is 0 Å². The molecule has 1 heterocycles. The SMILES string of the molecule is CCN(C)CCNC(=O)NC1(C(=O)O)CCOCC1. The number of likely N-dealkylation sites (N-methyl/N-ethyl adjacent to an activating group) is 1. The van der Waals surface area contributed by atoms with Crippen molar-refractivity contribution in [3.63, 3.8) is 0 Å². The van der Waals surface area contributed by atoms with Crippen molar-refractivity contribution in [1.29, 1.82) is 0 Å². The van der Waals surface area contributed by atoms with Crippen molar-refractivity contribution in [2.24, 2.45) is 0 Å². The number of carbonyl (C=O) groups is 2. The van der Waals surface area contributed by atoms with Crippen molar-refractivity contribution >= 4 is 12.0 Å². The highest BCUT2D eigenvalue weighted by molar-refractivity contribution is 5.86. The van der Waals surface area contributed by atoms with Crippen LogP contribution in [0.3, 0.4) is 0 Å². The second-order valence-corrected chi connectivity index (χ2v) is 4.78. The third kappa shape index (κ3) is 4.68. The Hall–Kier alpha value is -1.34. The van der Waals surface area contributed by atoms with Crippen molar-refractivity contribution in [3.8, 4) is 0 Å². The lowest BCUT2D eigenvalue weighted by Gasteiger charge is -2.33. The summed E-state index contributed by atoms with van der Waals surface area (Å²) in [6, 6.07) is -0.436. The molecule has 19 heavy (non-hydrogen) atoms. The van der Waals surface area contributed by atoms with Gasteiger partial charge in [-0.25, -0.2) is 9.59 Å². The van der Waals surface area contributed by atoms with Gasteiger partial charge in [-0.15, -0.1) is 0 Å². The van der Waals surface area contributed by atoms with E-state index in [2.05, 4.69) is 15.5 Å². The molecule has 0 aromatic rings. The van der Waals surface area contributed by atoms with E-state index in [-0.39, 0.29) is 0 Å². The minimum absolute atomic E-state index is 0.296. The molecular formula is C12H23N3O4. The van der Waals surface area contributed by atoms with E-state index >= 15 is 0 Å². The van der Waals surface area contributed by atoms with Crippen LogP contribution in [-0.2, 0) is 9.53 Å². The molecule has 1 rings (SSSR count). The predicted molar refractivity (Wildman–Crippen MR) is 70.1 cm³/mol. The average molecular weight is 273 g/mol. The van der Waals surface area contributed by atoms with Gasteiger partial charge in [0.15, 0.2) is 0 Å². The fourth-order valence-corrected chi connectivity index (χ4v) is 1.89. The fraction of sp³-hybridized carbons (Fsp3) is 0.833. The number of nitrogens with one attached hydrogen (secondary N) is 2. The number of hydrogen-bond donors (Lipinski definition) is 3. The predicted octanol–water partition coefficient (Wildman–Crippen LogP) is -0.129. The van der Waals surface area contributed by atoms with E-state index in [0.717, 1.165) is 13.1 Å². The van der Waals surface area contributed by atoms with E-state index in [1.807, 2.05) is 14.0 Å². The van der Waals surface area contributed by atoms with E-state index in [1.54, 1.807) is 0 Å². The Balaban J connectivity index is 2.42. The van der Waals surface area contributed by atoms with Gasteiger partial charge in [-0.1, -0.05) is 6.92 Å². The standard InChI is InChI=1S/C12H23N3O4/c1-3-15(2)7-6-13-11(18)14-12(10(16)17)4-8-19-9-5-12/h3-9H2,1-2H3,(H,16,17)(H2,13,14,18). The van der Waals surface area contributed by atoms with Gasteiger partial charge >= 0.3 is 12.0 Å². The van der Waals surface area contributed by atoms with E-state index < -0.39 is 17.5 Å². The number of hydrogen-bond acceptors (Lipinski definition) is 4. The Morgan fingerprint density at radius 1 is 1.37 bits per heavy atom. The Kier molecular flexibility index (Phi) is 6.04. The van der Waals surface area contributed by atoms with Gasteiger partial charge in [0.25, 0.3) is 0 Å². The molecule has 1 aliphatic heterocycles. The quantitative estimate of drug-likeness (QED) is 0.627. The lowest BCUT2D eigenvalue weighted by Crippen LogP contribution is -2.60. The number of carboxylic acid groups (broad SMARTS) is 1. The third-order valence-electron chi connectivity index (χ3n) is 3.43. The summed E-state index contributed by atoms with van der Waals surface area (Å²) in [5, 5.41) is 14.5. The number of nitrogens with zero attached hydrogens (tertiary/aromatic N) is 1. The maximum absolute atomic E-state index is 11.7. The maximum atomic E-state index is 11.7. The number of rotatable bonds is 6. The monoisotopic (exact) mass is 273 g/mol. The van der Waals surface area contributed by atoms with Crippen LogP contribution in [-0.4, -0.2) is 67.4 Å². The molecule has 1 fully saturated rings. The van der Waals surface area contributed by atoms with Crippen molar-refractivity contribution in [1.82, 2.24) is 15.5 Å². The number of ether oxygens (including phenoxy) is 1. The highest BCUT2D eigenvalue weighted by Crippen LogP contribution is 2.20. The first-order chi connectivity index (χ1) is 9.00. The molecule has 0 saturated carbocycles. The van der Waals surface area contributed by atoms with Gasteiger partial charge < -0.3 is 25.4 Å². The molecule has 7 heteroatoms. The molecule has 0 bridgehead atoms. The first kappa shape index (κ1) is 15.7. The summed E-state index contributed by atoms with van der Waals surface area (Å²) in [6.45, 7) is 4.85. The number of amides is 2. The van der Waals surface area contributed by atoms with E-state index in [4.69, 9.17) is 4.74 Å². The summed E-state index contributed by atoms with van der Waals surface area (Å²) in [6.07, 6.45) is 0.592. The van der Waals surface area contributed by atoms with Gasteiger partial charge in [0.1, 0.15) is 5.54 Å². The highest BCUT2D eigenvalue weighted by atomic mass is 16.5. The van der Waals surface area contributed by atoms with Crippen molar-refractivity contribution in [3.05, 3.63) is 0 Å². The van der Waals surface area contributed by atoms with Gasteiger partial charge in [-0.3, -0.25) is 0 Å². The molecule has 0 aromatic heterocycles. The number of urea groups is 1. The second kappa shape index (κ2) is 7.30. The number of carbonyl (C=O) groups excluding carboxylic acids is 1. The topological polar surface area (TPSA) is 90.9 Å². The van der Waals surface area contributed by atoms with Crippen LogP contribution >= 0.6 is 0 Å². The first-order valence-electron chi connectivity index (χ1n) is 6.56. The first-order valence-corrected chi connectivity index (χ1v) is 6.56. The van der Waals surface area contributed by atoms with Crippen LogP contribution in [0.1, 0.15) is 19.8 Å². The summed E-state index contributed by atoms with van der Waals surface area (Å²) in [5.41, 5.74) is -1.20. The van der Waals surface area contributed by atoms with Crippen molar-refractivity contribution in [2.45, 2.75) is 25.3 Å². The summed E-state index contributed by atoms with van der Waals surface area (Å²) in [4.78, 5) is 25.1. The van der Waals surface area contributed by atoms with E-state index in [0.29, 0.717) is 32.6 Å². The molecule has 2 amide bonds. The number of aliphatic carboxylic acids is 1. The smallest absolute Gasteiger partial charge is 0.329 e. The molecule has 110 valence electrons. The van der Waals surface area contributed by atoms with Crippen LogP contribution in [0.5, 0.6) is 0 Å². The van der Waals surface area contributed by atoms with Crippen LogP contribution in [0, 0.1) is 0 Å². The number of carboxylic acids is 1. The molecule has 0 unspecified atom stereocenters. The molecule has 0 aromatic carbocycles. The third-order valence-corrected chi connectivity index (χ3v) is 3.43. The lowest BCUT2D eigenvalue weighted by atomic mass is 9.90. The minimum atomic E-state index is -1.20. The van der Waals surface area contributed by atoms with Crippen molar-refractivity contribution in [2.75, 3.05) is 39.9 Å². The molecule has 0 atom stereocenters. The summed E-state index contributed by atoms with van der Waals surface area (Å²) < 4.78 is 5.14. The zero-order valence-corrected chi connectivity index (χ0v) is 11.6. The zero-order valence-electron chi connectivity index (χ0n) is 11.6. The van der Waals surface area contributed by atoms with Crippen LogP contribution in [0.25, 0.3) is 0 Å². The maximum Gasteiger partial charge on any atom is 0.329 e. The van der Waals surface area contributed by atoms with Gasteiger partial charge in [0, 0.05) is 39.1 Å². The molecule has 0 aliphatic carbocycles. The molecule has 1 saturated heterocycles. The normalized spacial score (nSPS) is 18.1. The van der Waals surface area contributed by atoms with Crippen LogP contribution in [0.4, 0.5) is 4.79 Å². The summed E-state index contributed by atoms with van der Waals surface area (Å²) >= 11 is 0. The molecular weight excluding hydrogens is 250 g/mol. The largest absolute Gasteiger partial charge is 0.480 e. The van der Waals surface area contributed by atoms with Crippen LogP contribution in [0.2, 0.25) is 0 Å². The van der Waals surface area contributed by atoms with Crippen LogP contribution < -0.4 is 10.6 Å². The van der Waals surface area contributed by atoms with Gasteiger partial charge in [-0.2, -0.15) is 0 Å². The Bertz CT molecular complexity index is 316. The average Bonchev–Trinajstić information content (AvgIpc) is 2.39. The lowest BCUT2D eigenvalue weighted by molar-refractivity contribution is -0.148.